The van der Waals surface area contributed by atoms with E-state index >= 15 is 0 Å². The van der Waals surface area contributed by atoms with Gasteiger partial charge in [-0.05, 0) is 19.1 Å². The molecule has 1 amide bonds. The number of para-hydroxylation sites is 2. The second-order valence-corrected chi connectivity index (χ2v) is 8.85. The number of hydrogen-bond acceptors (Lipinski definition) is 9. The lowest BCUT2D eigenvalue weighted by Gasteiger charge is -2.19. The third-order valence-electron chi connectivity index (χ3n) is 4.07. The SMILES string of the molecule is CCOc1ccccc1Nc1nnc(SCC(=O)Nc2cc3c(cc2Cl)OCCO3)s1. The van der Waals surface area contributed by atoms with E-state index in [1.807, 2.05) is 31.2 Å². The number of rotatable bonds is 8. The minimum absolute atomic E-state index is 0.162. The first-order valence-corrected chi connectivity index (χ1v) is 11.6. The lowest BCUT2D eigenvalue weighted by atomic mass is 10.2. The zero-order valence-corrected chi connectivity index (χ0v) is 18.9. The van der Waals surface area contributed by atoms with Crippen molar-refractivity contribution >= 4 is 57.1 Å². The predicted molar refractivity (Wildman–Crippen MR) is 123 cm³/mol. The number of halogens is 1. The van der Waals surface area contributed by atoms with Gasteiger partial charge in [-0.2, -0.15) is 0 Å². The van der Waals surface area contributed by atoms with Crippen LogP contribution >= 0.6 is 34.7 Å². The Labute approximate surface area is 192 Å². The van der Waals surface area contributed by atoms with Crippen LogP contribution in [-0.2, 0) is 4.79 Å². The molecule has 0 unspecified atom stereocenters. The fourth-order valence-electron chi connectivity index (χ4n) is 2.76. The van der Waals surface area contributed by atoms with Crippen molar-refractivity contribution in [2.45, 2.75) is 11.3 Å². The minimum Gasteiger partial charge on any atom is -0.492 e. The van der Waals surface area contributed by atoms with E-state index in [1.165, 1.54) is 23.1 Å². The van der Waals surface area contributed by atoms with Crippen LogP contribution in [0.3, 0.4) is 0 Å². The predicted octanol–water partition coefficient (Wildman–Crippen LogP) is 4.84. The molecule has 0 spiro atoms. The molecule has 0 aliphatic carbocycles. The van der Waals surface area contributed by atoms with Gasteiger partial charge in [0, 0.05) is 12.1 Å². The van der Waals surface area contributed by atoms with Gasteiger partial charge in [-0.15, -0.1) is 10.2 Å². The molecule has 0 saturated carbocycles. The first-order valence-electron chi connectivity index (χ1n) is 9.46. The molecule has 8 nitrogen and oxygen atoms in total. The number of hydrogen-bond donors (Lipinski definition) is 2. The molecule has 0 bridgehead atoms. The average Bonchev–Trinajstić information content (AvgIpc) is 3.22. The Morgan fingerprint density at radius 2 is 1.97 bits per heavy atom. The van der Waals surface area contributed by atoms with Crippen molar-refractivity contribution in [3.8, 4) is 17.2 Å². The van der Waals surface area contributed by atoms with E-state index in [9.17, 15) is 4.79 Å². The Kier molecular flexibility index (Phi) is 7.00. The largest absolute Gasteiger partial charge is 0.492 e. The van der Waals surface area contributed by atoms with Crippen LogP contribution in [0.15, 0.2) is 40.7 Å². The number of amides is 1. The highest BCUT2D eigenvalue weighted by Crippen LogP contribution is 2.38. The van der Waals surface area contributed by atoms with Crippen molar-refractivity contribution < 1.29 is 19.0 Å². The van der Waals surface area contributed by atoms with E-state index in [1.54, 1.807) is 12.1 Å². The summed E-state index contributed by atoms with van der Waals surface area (Å²) in [6, 6.07) is 10.9. The zero-order chi connectivity index (χ0) is 21.6. The number of carbonyl (C=O) groups excluding carboxylic acids is 1. The third-order valence-corrected chi connectivity index (χ3v) is 6.35. The molecule has 31 heavy (non-hydrogen) atoms. The Hall–Kier alpha value is -2.69. The van der Waals surface area contributed by atoms with Gasteiger partial charge in [-0.3, -0.25) is 4.79 Å². The standard InChI is InChI=1S/C20H19ClN4O4S2/c1-2-27-15-6-4-3-5-13(15)23-19-24-25-20(31-19)30-11-18(26)22-14-10-17-16(9-12(14)21)28-7-8-29-17/h3-6,9-10H,2,7-8,11H2,1H3,(H,22,26)(H,23,24). The van der Waals surface area contributed by atoms with Crippen molar-refractivity contribution in [3.05, 3.63) is 41.4 Å². The molecular formula is C20H19ClN4O4S2. The lowest BCUT2D eigenvalue weighted by Crippen LogP contribution is -2.17. The van der Waals surface area contributed by atoms with Gasteiger partial charge in [-0.1, -0.05) is 46.8 Å². The minimum atomic E-state index is -0.213. The monoisotopic (exact) mass is 478 g/mol. The summed E-state index contributed by atoms with van der Waals surface area (Å²) >= 11 is 8.89. The second-order valence-electron chi connectivity index (χ2n) is 6.24. The van der Waals surface area contributed by atoms with Crippen LogP contribution in [0.1, 0.15) is 6.92 Å². The van der Waals surface area contributed by atoms with Crippen LogP contribution in [0.25, 0.3) is 0 Å². The van der Waals surface area contributed by atoms with Crippen LogP contribution in [0.2, 0.25) is 5.02 Å². The molecule has 4 rings (SSSR count). The highest BCUT2D eigenvalue weighted by molar-refractivity contribution is 8.01. The van der Waals surface area contributed by atoms with Gasteiger partial charge < -0.3 is 24.8 Å². The summed E-state index contributed by atoms with van der Waals surface area (Å²) < 4.78 is 17.3. The van der Waals surface area contributed by atoms with E-state index in [4.69, 9.17) is 25.8 Å². The van der Waals surface area contributed by atoms with Crippen molar-refractivity contribution in [1.29, 1.82) is 0 Å². The molecular weight excluding hydrogens is 460 g/mol. The summed E-state index contributed by atoms with van der Waals surface area (Å²) in [6.07, 6.45) is 0. The molecule has 2 aromatic carbocycles. The van der Waals surface area contributed by atoms with E-state index in [0.29, 0.717) is 51.5 Å². The summed E-state index contributed by atoms with van der Waals surface area (Å²) in [5.74, 6) is 1.82. The second kappa shape index (κ2) is 10.1. The smallest absolute Gasteiger partial charge is 0.234 e. The van der Waals surface area contributed by atoms with Gasteiger partial charge in [0.15, 0.2) is 15.8 Å². The number of nitrogens with one attached hydrogen (secondary N) is 2. The summed E-state index contributed by atoms with van der Waals surface area (Å²) in [4.78, 5) is 12.4. The van der Waals surface area contributed by atoms with Crippen LogP contribution in [-0.4, -0.2) is 41.7 Å². The number of fused-ring (bicyclic) bond motifs is 1. The zero-order valence-electron chi connectivity index (χ0n) is 16.5. The molecule has 162 valence electrons. The van der Waals surface area contributed by atoms with Crippen LogP contribution in [0.4, 0.5) is 16.5 Å². The summed E-state index contributed by atoms with van der Waals surface area (Å²) in [5, 5.41) is 15.3. The van der Waals surface area contributed by atoms with Crippen LogP contribution in [0.5, 0.6) is 17.2 Å². The quantitative estimate of drug-likeness (QED) is 0.444. The number of benzene rings is 2. The average molecular weight is 479 g/mol. The summed E-state index contributed by atoms with van der Waals surface area (Å²) in [7, 11) is 0. The summed E-state index contributed by atoms with van der Waals surface area (Å²) in [5.41, 5.74) is 1.28. The van der Waals surface area contributed by atoms with Crippen molar-refractivity contribution in [1.82, 2.24) is 10.2 Å². The molecule has 1 aliphatic rings. The number of carbonyl (C=O) groups is 1. The fourth-order valence-corrected chi connectivity index (χ4v) is 4.52. The van der Waals surface area contributed by atoms with Gasteiger partial charge in [0.1, 0.15) is 19.0 Å². The Bertz CT molecular complexity index is 1080. The normalized spacial score (nSPS) is 12.3. The van der Waals surface area contributed by atoms with Gasteiger partial charge in [-0.25, -0.2) is 0 Å². The lowest BCUT2D eigenvalue weighted by molar-refractivity contribution is -0.113. The maximum absolute atomic E-state index is 12.4. The van der Waals surface area contributed by atoms with Crippen LogP contribution in [0, 0.1) is 0 Å². The Morgan fingerprint density at radius 1 is 1.19 bits per heavy atom. The van der Waals surface area contributed by atoms with E-state index in [0.717, 1.165) is 11.4 Å². The van der Waals surface area contributed by atoms with Crippen LogP contribution < -0.4 is 24.8 Å². The molecule has 2 N–H and O–H groups in total. The number of thioether (sulfide) groups is 1. The molecule has 0 saturated heterocycles. The first kappa shape index (κ1) is 21.5. The van der Waals surface area contributed by atoms with E-state index in [2.05, 4.69) is 20.8 Å². The third kappa shape index (κ3) is 5.52. The molecule has 3 aromatic rings. The number of anilines is 3. The van der Waals surface area contributed by atoms with Crippen molar-refractivity contribution in [3.63, 3.8) is 0 Å². The van der Waals surface area contributed by atoms with Crippen molar-refractivity contribution in [2.24, 2.45) is 0 Å². The highest BCUT2D eigenvalue weighted by Gasteiger charge is 2.17. The number of aromatic nitrogens is 2. The fraction of sp³-hybridized carbons (Fsp3) is 0.250. The summed E-state index contributed by atoms with van der Waals surface area (Å²) in [6.45, 7) is 3.43. The Balaban J connectivity index is 1.33. The Morgan fingerprint density at radius 3 is 2.77 bits per heavy atom. The highest BCUT2D eigenvalue weighted by atomic mass is 35.5. The molecule has 0 fully saturated rings. The van der Waals surface area contributed by atoms with Crippen molar-refractivity contribution in [2.75, 3.05) is 36.2 Å². The number of ether oxygens (including phenoxy) is 3. The molecule has 1 aromatic heterocycles. The van der Waals surface area contributed by atoms with Gasteiger partial charge in [0.05, 0.1) is 28.8 Å². The van der Waals surface area contributed by atoms with Gasteiger partial charge in [0.2, 0.25) is 11.0 Å². The van der Waals surface area contributed by atoms with E-state index in [-0.39, 0.29) is 11.7 Å². The number of nitrogens with zero attached hydrogens (tertiary/aromatic N) is 2. The molecule has 1 aliphatic heterocycles. The van der Waals surface area contributed by atoms with Gasteiger partial charge in [0.25, 0.3) is 0 Å². The molecule has 2 heterocycles. The van der Waals surface area contributed by atoms with Gasteiger partial charge >= 0.3 is 0 Å². The molecule has 0 radical (unpaired) electrons. The maximum Gasteiger partial charge on any atom is 0.234 e. The molecule has 11 heteroatoms. The van der Waals surface area contributed by atoms with E-state index < -0.39 is 0 Å². The molecule has 0 atom stereocenters. The first-order chi connectivity index (χ1) is 15.1. The topological polar surface area (TPSA) is 94.6 Å². The maximum atomic E-state index is 12.4.